The molecule has 8 heavy (non-hydrogen) atoms. The molecule has 0 bridgehead atoms. The number of nitrogens with zero attached hydrogens (tertiary/aromatic N) is 1. The van der Waals surface area contributed by atoms with Gasteiger partial charge < -0.3 is 10.9 Å². The van der Waals surface area contributed by atoms with Crippen LogP contribution in [0, 0.1) is 4.91 Å². The first-order valence-electron chi connectivity index (χ1n) is 1.41. The van der Waals surface area contributed by atoms with Crippen LogP contribution in [0.2, 0.25) is 0 Å². The Balaban J connectivity index is 0. The number of carbonyl (C=O) groups excluding carboxylic acids is 1. The number of hydrazine groups is 1. The van der Waals surface area contributed by atoms with E-state index in [1.807, 2.05) is 0 Å². The molecule has 7 heteroatoms. The molecule has 0 aliphatic carbocycles. The molecule has 0 spiro atoms. The van der Waals surface area contributed by atoms with E-state index in [1.165, 1.54) is 5.34 Å². The Labute approximate surface area is 44.5 Å². The van der Waals surface area contributed by atoms with Crippen molar-refractivity contribution in [1.29, 1.82) is 0 Å². The maximum absolute atomic E-state index is 9.35. The average Bonchev–Trinajstić information content (AvgIpc) is 1.69. The van der Waals surface area contributed by atoms with Crippen molar-refractivity contribution in [2.24, 2.45) is 16.9 Å². The third-order valence-corrected chi connectivity index (χ3v) is 0.142. The summed E-state index contributed by atoms with van der Waals surface area (Å²) in [7, 11) is 0. The highest BCUT2D eigenvalue weighted by molar-refractivity contribution is 5.70. The van der Waals surface area contributed by atoms with Crippen LogP contribution < -0.4 is 17.0 Å². The molecule has 0 aromatic carbocycles. The first-order valence-corrected chi connectivity index (χ1v) is 1.41. The number of carbonyl (C=O) groups is 1. The van der Waals surface area contributed by atoms with E-state index in [2.05, 4.69) is 11.6 Å². The summed E-state index contributed by atoms with van der Waals surface area (Å²) < 4.78 is 0. The van der Waals surface area contributed by atoms with Crippen LogP contribution in [0.25, 0.3) is 0 Å². The Kier molecular flexibility index (Phi) is 11.2. The zero-order valence-electron chi connectivity index (χ0n) is 3.87. The molecule has 48 valence electrons. The summed E-state index contributed by atoms with van der Waals surface area (Å²) in [4.78, 5) is 17.5. The van der Waals surface area contributed by atoms with Crippen molar-refractivity contribution in [3.8, 4) is 0 Å². The van der Waals surface area contributed by atoms with Crippen LogP contribution >= 0.6 is 0 Å². The quantitative estimate of drug-likeness (QED) is 0.137. The lowest BCUT2D eigenvalue weighted by molar-refractivity contribution is 0.249. The number of rotatable bonds is 0. The van der Waals surface area contributed by atoms with Gasteiger partial charge in [-0.15, -0.1) is 4.91 Å². The molecule has 0 rings (SSSR count). The summed E-state index contributed by atoms with van der Waals surface area (Å²) in [6.45, 7) is 0. The third kappa shape index (κ3) is 154. The lowest BCUT2D eigenvalue weighted by atomic mass is 11.2. The van der Waals surface area contributed by atoms with Gasteiger partial charge in [0.1, 0.15) is 0 Å². The second-order valence-electron chi connectivity index (χ2n) is 0.590. The maximum Gasteiger partial charge on any atom is 0.326 e. The van der Waals surface area contributed by atoms with Crippen LogP contribution in [0.5, 0.6) is 0 Å². The van der Waals surface area contributed by atoms with Gasteiger partial charge in [-0.25, -0.2) is 10.6 Å². The second kappa shape index (κ2) is 9.16. The summed E-state index contributed by atoms with van der Waals surface area (Å²) in [5, 5.41) is 7.89. The molecular formula is CH6N4O3. The predicted molar refractivity (Wildman–Crippen MR) is 24.5 cm³/mol. The normalized spacial score (nSPS) is 5.62. The van der Waals surface area contributed by atoms with Crippen LogP contribution in [0.3, 0.4) is 0 Å². The molecule has 0 aromatic rings. The molecule has 0 aliphatic rings. The van der Waals surface area contributed by atoms with Crippen LogP contribution in [0.15, 0.2) is 5.34 Å². The fourth-order valence-electron chi connectivity index (χ4n) is 0. The Morgan fingerprint density at radius 3 is 1.88 bits per heavy atom. The van der Waals surface area contributed by atoms with Crippen molar-refractivity contribution < 1.29 is 10.0 Å². The minimum Gasteiger partial charge on any atom is -0.379 e. The fourth-order valence-corrected chi connectivity index (χ4v) is 0. The summed E-state index contributed by atoms with van der Waals surface area (Å²) in [6, 6.07) is -0.718. The van der Waals surface area contributed by atoms with Gasteiger partial charge in [0.15, 0.2) is 5.34 Å². The second-order valence-corrected chi connectivity index (χ2v) is 0.590. The zero-order valence-corrected chi connectivity index (χ0v) is 3.87. The minimum absolute atomic E-state index is 0.718. The van der Waals surface area contributed by atoms with E-state index < -0.39 is 6.03 Å². The van der Waals surface area contributed by atoms with Gasteiger partial charge in [-0.05, 0) is 0 Å². The third-order valence-electron chi connectivity index (χ3n) is 0.142. The van der Waals surface area contributed by atoms with Crippen molar-refractivity contribution in [3.63, 3.8) is 0 Å². The average molecular weight is 122 g/mol. The molecule has 0 aliphatic heterocycles. The molecule has 0 saturated carbocycles. The number of hydrogen-bond donors (Lipinski definition) is 4. The molecule has 0 saturated heterocycles. The lowest BCUT2D eigenvalue weighted by Gasteiger charge is -1.81. The van der Waals surface area contributed by atoms with Crippen LogP contribution in [0.1, 0.15) is 0 Å². The molecule has 0 atom stereocenters. The zero-order chi connectivity index (χ0) is 6.99. The van der Waals surface area contributed by atoms with E-state index in [-0.39, 0.29) is 0 Å². The Morgan fingerprint density at radius 1 is 1.75 bits per heavy atom. The largest absolute Gasteiger partial charge is 0.379 e. The lowest BCUT2D eigenvalue weighted by Crippen LogP contribution is -2.34. The highest BCUT2D eigenvalue weighted by Crippen LogP contribution is 1.34. The van der Waals surface area contributed by atoms with Gasteiger partial charge >= 0.3 is 6.03 Å². The molecular weight excluding hydrogens is 116 g/mol. The van der Waals surface area contributed by atoms with Crippen LogP contribution in [0.4, 0.5) is 4.79 Å². The van der Waals surface area contributed by atoms with Gasteiger partial charge in [0.05, 0.1) is 0 Å². The highest BCUT2D eigenvalue weighted by atomic mass is 16.6. The van der Waals surface area contributed by atoms with E-state index in [1.54, 1.807) is 5.43 Å². The van der Waals surface area contributed by atoms with Gasteiger partial charge in [0.2, 0.25) is 0 Å². The molecule has 0 radical (unpaired) electrons. The Bertz CT molecular complexity index is 71.7. The topological polar surface area (TPSA) is 131 Å². The van der Waals surface area contributed by atoms with Crippen LogP contribution in [-0.2, 0) is 0 Å². The highest BCUT2D eigenvalue weighted by Gasteiger charge is 1.73. The number of primary amides is 1. The smallest absolute Gasteiger partial charge is 0.326 e. The fraction of sp³-hybridized carbons (Fsp3) is 0. The first-order chi connectivity index (χ1) is 3.68. The number of nitrogens with one attached hydrogen (secondary N) is 1. The Hall–Kier alpha value is -1.37. The summed E-state index contributed by atoms with van der Waals surface area (Å²) in [6.07, 6.45) is 0. The summed E-state index contributed by atoms with van der Waals surface area (Å²) in [5.74, 6) is 4.45. The monoisotopic (exact) mass is 122 g/mol. The van der Waals surface area contributed by atoms with Crippen LogP contribution in [-0.4, -0.2) is 11.2 Å². The molecule has 2 amide bonds. The molecule has 0 unspecified atom stereocenters. The van der Waals surface area contributed by atoms with Gasteiger partial charge in [-0.3, -0.25) is 5.43 Å². The molecule has 0 heterocycles. The van der Waals surface area contributed by atoms with E-state index in [0.29, 0.717) is 0 Å². The predicted octanol–water partition coefficient (Wildman–Crippen LogP) is -1.33. The van der Waals surface area contributed by atoms with Crippen molar-refractivity contribution in [3.05, 3.63) is 4.91 Å². The van der Waals surface area contributed by atoms with E-state index in [0.717, 1.165) is 0 Å². The molecule has 0 aromatic heterocycles. The van der Waals surface area contributed by atoms with Crippen molar-refractivity contribution in [2.75, 3.05) is 0 Å². The van der Waals surface area contributed by atoms with Crippen molar-refractivity contribution in [2.45, 2.75) is 0 Å². The summed E-state index contributed by atoms with van der Waals surface area (Å²) in [5.41, 5.74) is 6.08. The van der Waals surface area contributed by atoms with Gasteiger partial charge in [-0.1, -0.05) is 0 Å². The Morgan fingerprint density at radius 2 is 1.88 bits per heavy atom. The number of nitrogens with two attached hydrogens (primary N) is 2. The summed E-state index contributed by atoms with van der Waals surface area (Å²) >= 11 is 0. The number of hydrogen-bond acceptors (Lipinski definition) is 4. The van der Waals surface area contributed by atoms with Gasteiger partial charge in [-0.2, -0.15) is 0 Å². The van der Waals surface area contributed by atoms with E-state index in [4.69, 9.17) is 10.1 Å². The molecule has 0 fully saturated rings. The standard InChI is InChI=1S/CH5N3O.HNO2/c2-1(5)4-3;2-1-3/h3H2,(H3,2,4,5);(H,2,3). The number of amides is 2. The van der Waals surface area contributed by atoms with Gasteiger partial charge in [0.25, 0.3) is 0 Å². The van der Waals surface area contributed by atoms with Gasteiger partial charge in [0, 0.05) is 0 Å². The van der Waals surface area contributed by atoms with E-state index >= 15 is 0 Å². The SMILES string of the molecule is NNC(N)=O.O=NO. The number of urea groups is 1. The maximum atomic E-state index is 9.35. The molecule has 6 N–H and O–H groups in total. The first kappa shape index (κ1) is 9.80. The van der Waals surface area contributed by atoms with E-state index in [9.17, 15) is 4.79 Å². The van der Waals surface area contributed by atoms with Crippen molar-refractivity contribution >= 4 is 6.03 Å². The molecule has 7 nitrogen and oxygen atoms in total. The minimum atomic E-state index is -0.718. The van der Waals surface area contributed by atoms with Crippen molar-refractivity contribution in [1.82, 2.24) is 5.43 Å².